The van der Waals surface area contributed by atoms with Crippen LogP contribution in [0.3, 0.4) is 0 Å². The highest BCUT2D eigenvalue weighted by atomic mass is 16.5. The van der Waals surface area contributed by atoms with Gasteiger partial charge in [0.1, 0.15) is 6.61 Å². The number of para-hydroxylation sites is 1. The van der Waals surface area contributed by atoms with Crippen LogP contribution in [0, 0.1) is 6.92 Å². The second-order valence-corrected chi connectivity index (χ2v) is 5.93. The van der Waals surface area contributed by atoms with Crippen LogP contribution in [0.4, 0.5) is 5.69 Å². The molecule has 0 saturated heterocycles. The topological polar surface area (TPSA) is 55.4 Å². The molecule has 130 valence electrons. The Labute approximate surface area is 152 Å². The molecule has 0 fully saturated rings. The molecule has 4 heteroatoms. The van der Waals surface area contributed by atoms with Crippen molar-refractivity contribution in [2.45, 2.75) is 13.5 Å². The molecule has 0 radical (unpaired) electrons. The van der Waals surface area contributed by atoms with Gasteiger partial charge >= 0.3 is 5.97 Å². The number of carbonyl (C=O) groups is 2. The van der Waals surface area contributed by atoms with Crippen LogP contribution in [0.25, 0.3) is 0 Å². The molecule has 0 aliphatic heterocycles. The summed E-state index contributed by atoms with van der Waals surface area (Å²) in [4.78, 5) is 24.8. The number of rotatable bonds is 5. The fourth-order valence-corrected chi connectivity index (χ4v) is 2.47. The zero-order valence-corrected chi connectivity index (χ0v) is 14.4. The monoisotopic (exact) mass is 345 g/mol. The molecular weight excluding hydrogens is 326 g/mol. The Morgan fingerprint density at radius 3 is 2.23 bits per heavy atom. The van der Waals surface area contributed by atoms with Gasteiger partial charge in [-0.3, -0.25) is 4.79 Å². The van der Waals surface area contributed by atoms with E-state index in [-0.39, 0.29) is 12.5 Å². The summed E-state index contributed by atoms with van der Waals surface area (Å²) in [5.41, 5.74) is 3.33. The summed E-state index contributed by atoms with van der Waals surface area (Å²) in [6.07, 6.45) is 0. The number of carbonyl (C=O) groups excluding carboxylic acids is 2. The summed E-state index contributed by atoms with van der Waals surface area (Å²) in [6.45, 7) is 2.18. The molecule has 1 amide bonds. The number of anilines is 1. The molecule has 3 aromatic rings. The molecule has 26 heavy (non-hydrogen) atoms. The van der Waals surface area contributed by atoms with Crippen molar-refractivity contribution < 1.29 is 14.3 Å². The first-order valence-electron chi connectivity index (χ1n) is 8.31. The number of aryl methyl sites for hydroxylation is 1. The summed E-state index contributed by atoms with van der Waals surface area (Å²) in [5.74, 6) is -0.751. The molecule has 0 bridgehead atoms. The Morgan fingerprint density at radius 2 is 1.50 bits per heavy atom. The van der Waals surface area contributed by atoms with E-state index in [0.29, 0.717) is 16.8 Å². The minimum Gasteiger partial charge on any atom is -0.457 e. The maximum absolute atomic E-state index is 12.5. The first-order valence-corrected chi connectivity index (χ1v) is 8.31. The first-order chi connectivity index (χ1) is 12.6. The molecule has 0 atom stereocenters. The second-order valence-electron chi connectivity index (χ2n) is 5.93. The summed E-state index contributed by atoms with van der Waals surface area (Å²) < 4.78 is 5.39. The smallest absolute Gasteiger partial charge is 0.340 e. The molecule has 0 aliphatic carbocycles. The summed E-state index contributed by atoms with van der Waals surface area (Å²) >= 11 is 0. The Balaban J connectivity index is 1.70. The molecule has 0 heterocycles. The summed E-state index contributed by atoms with van der Waals surface area (Å²) in [7, 11) is 0. The fourth-order valence-electron chi connectivity index (χ4n) is 2.47. The summed E-state index contributed by atoms with van der Waals surface area (Å²) in [5, 5.41) is 2.77. The zero-order chi connectivity index (χ0) is 18.4. The Hall–Kier alpha value is -3.40. The van der Waals surface area contributed by atoms with Gasteiger partial charge in [-0.1, -0.05) is 60.2 Å². The van der Waals surface area contributed by atoms with E-state index in [0.717, 1.165) is 11.1 Å². The van der Waals surface area contributed by atoms with Gasteiger partial charge in [0, 0.05) is 5.56 Å². The van der Waals surface area contributed by atoms with E-state index in [1.807, 2.05) is 37.3 Å². The third kappa shape index (κ3) is 4.36. The van der Waals surface area contributed by atoms with E-state index in [4.69, 9.17) is 4.74 Å². The fraction of sp³-hybridized carbons (Fsp3) is 0.0909. The molecule has 0 aliphatic rings. The molecule has 0 spiro atoms. The average molecular weight is 345 g/mol. The molecule has 0 saturated carbocycles. The first kappa shape index (κ1) is 17.4. The van der Waals surface area contributed by atoms with E-state index in [9.17, 15) is 9.59 Å². The minimum atomic E-state index is -0.477. The number of benzene rings is 3. The zero-order valence-electron chi connectivity index (χ0n) is 14.4. The maximum atomic E-state index is 12.5. The predicted molar refractivity (Wildman–Crippen MR) is 101 cm³/mol. The van der Waals surface area contributed by atoms with Crippen molar-refractivity contribution in [2.75, 3.05) is 5.32 Å². The minimum absolute atomic E-state index is 0.181. The van der Waals surface area contributed by atoms with Gasteiger partial charge in [-0.2, -0.15) is 0 Å². The number of ether oxygens (including phenoxy) is 1. The highest BCUT2D eigenvalue weighted by Crippen LogP contribution is 2.18. The van der Waals surface area contributed by atoms with Gasteiger partial charge in [-0.15, -0.1) is 0 Å². The van der Waals surface area contributed by atoms with E-state index in [1.54, 1.807) is 48.5 Å². The van der Waals surface area contributed by atoms with Crippen molar-refractivity contribution in [3.63, 3.8) is 0 Å². The average Bonchev–Trinajstić information content (AvgIpc) is 2.68. The lowest BCUT2D eigenvalue weighted by Crippen LogP contribution is -2.15. The van der Waals surface area contributed by atoms with Gasteiger partial charge in [0.2, 0.25) is 0 Å². The quantitative estimate of drug-likeness (QED) is 0.687. The number of hydrogen-bond acceptors (Lipinski definition) is 3. The van der Waals surface area contributed by atoms with Crippen molar-refractivity contribution in [1.82, 2.24) is 0 Å². The van der Waals surface area contributed by atoms with Crippen LogP contribution < -0.4 is 5.32 Å². The van der Waals surface area contributed by atoms with Crippen LogP contribution in [-0.4, -0.2) is 11.9 Å². The van der Waals surface area contributed by atoms with Crippen LogP contribution in [-0.2, 0) is 11.3 Å². The van der Waals surface area contributed by atoms with Crippen molar-refractivity contribution in [1.29, 1.82) is 0 Å². The molecule has 3 aromatic carbocycles. The van der Waals surface area contributed by atoms with E-state index in [2.05, 4.69) is 5.32 Å². The van der Waals surface area contributed by atoms with Gasteiger partial charge < -0.3 is 10.1 Å². The molecule has 4 nitrogen and oxygen atoms in total. The van der Waals surface area contributed by atoms with Crippen molar-refractivity contribution in [3.05, 3.63) is 101 Å². The van der Waals surface area contributed by atoms with Crippen molar-refractivity contribution >= 4 is 17.6 Å². The highest BCUT2D eigenvalue weighted by Gasteiger charge is 2.15. The second kappa shape index (κ2) is 8.12. The molecule has 0 aromatic heterocycles. The number of hydrogen-bond donors (Lipinski definition) is 1. The van der Waals surface area contributed by atoms with Gasteiger partial charge in [0.05, 0.1) is 11.3 Å². The molecule has 0 unspecified atom stereocenters. The van der Waals surface area contributed by atoms with Crippen LogP contribution in [0.2, 0.25) is 0 Å². The van der Waals surface area contributed by atoms with E-state index in [1.165, 1.54) is 0 Å². The lowest BCUT2D eigenvalue weighted by atomic mass is 10.1. The molecular formula is C22H19NO3. The summed E-state index contributed by atoms with van der Waals surface area (Å²) in [6, 6.07) is 23.5. The molecule has 3 rings (SSSR count). The van der Waals surface area contributed by atoms with Crippen LogP contribution in [0.1, 0.15) is 31.8 Å². The number of amides is 1. The van der Waals surface area contributed by atoms with E-state index < -0.39 is 5.97 Å². The van der Waals surface area contributed by atoms with E-state index >= 15 is 0 Å². The lowest BCUT2D eigenvalue weighted by Gasteiger charge is -2.11. The standard InChI is InChI=1S/C22H19NO3/c1-16-11-13-17(14-12-16)15-26-22(25)19-9-5-6-10-20(19)23-21(24)18-7-3-2-4-8-18/h2-14H,15H2,1H3,(H,23,24). The predicted octanol–water partition coefficient (Wildman–Crippen LogP) is 4.60. The Bertz CT molecular complexity index is 902. The third-order valence-electron chi connectivity index (χ3n) is 3.92. The SMILES string of the molecule is Cc1ccc(COC(=O)c2ccccc2NC(=O)c2ccccc2)cc1. The Kier molecular flexibility index (Phi) is 5.44. The largest absolute Gasteiger partial charge is 0.457 e. The van der Waals surface area contributed by atoms with Gasteiger partial charge in [0.25, 0.3) is 5.91 Å². The van der Waals surface area contributed by atoms with Gasteiger partial charge in [-0.25, -0.2) is 4.79 Å². The van der Waals surface area contributed by atoms with Gasteiger partial charge in [0.15, 0.2) is 0 Å². The number of esters is 1. The highest BCUT2D eigenvalue weighted by molar-refractivity contribution is 6.07. The van der Waals surface area contributed by atoms with Crippen LogP contribution in [0.5, 0.6) is 0 Å². The van der Waals surface area contributed by atoms with Crippen molar-refractivity contribution in [3.8, 4) is 0 Å². The Morgan fingerprint density at radius 1 is 0.846 bits per heavy atom. The van der Waals surface area contributed by atoms with Gasteiger partial charge in [-0.05, 0) is 36.8 Å². The van der Waals surface area contributed by atoms with Crippen LogP contribution in [0.15, 0.2) is 78.9 Å². The number of nitrogens with one attached hydrogen (secondary N) is 1. The normalized spacial score (nSPS) is 10.2. The van der Waals surface area contributed by atoms with Crippen LogP contribution >= 0.6 is 0 Å². The molecule has 1 N–H and O–H groups in total. The lowest BCUT2D eigenvalue weighted by molar-refractivity contribution is 0.0474. The third-order valence-corrected chi connectivity index (χ3v) is 3.92. The van der Waals surface area contributed by atoms with Crippen molar-refractivity contribution in [2.24, 2.45) is 0 Å². The maximum Gasteiger partial charge on any atom is 0.340 e.